The van der Waals surface area contributed by atoms with Gasteiger partial charge in [0.25, 0.3) is 11.7 Å². The van der Waals surface area contributed by atoms with Gasteiger partial charge in [-0.1, -0.05) is 6.42 Å². The molecule has 2 fully saturated rings. The molecule has 0 radical (unpaired) electrons. The van der Waals surface area contributed by atoms with Gasteiger partial charge >= 0.3 is 0 Å². The van der Waals surface area contributed by atoms with Crippen LogP contribution in [0.5, 0.6) is 0 Å². The van der Waals surface area contributed by atoms with Crippen LogP contribution in [0.1, 0.15) is 55.6 Å². The molecule has 2 aliphatic rings. The Kier molecular flexibility index (Phi) is 4.92. The van der Waals surface area contributed by atoms with Gasteiger partial charge in [-0.3, -0.25) is 4.79 Å². The van der Waals surface area contributed by atoms with Gasteiger partial charge in [-0.25, -0.2) is 9.50 Å². The monoisotopic (exact) mass is 342 g/mol. The highest BCUT2D eigenvalue weighted by Crippen LogP contribution is 2.22. The molecule has 4 rings (SSSR count). The SMILES string of the molecule is O=C(c1nc2ncccn2n1)N1CCCCC1CCN1CCCCC1. The van der Waals surface area contributed by atoms with Crippen LogP contribution in [0.2, 0.25) is 0 Å². The number of fused-ring (bicyclic) bond motifs is 1. The molecule has 2 saturated heterocycles. The van der Waals surface area contributed by atoms with Gasteiger partial charge in [0, 0.05) is 31.5 Å². The number of carbonyl (C=O) groups is 1. The van der Waals surface area contributed by atoms with E-state index >= 15 is 0 Å². The molecule has 1 amide bonds. The van der Waals surface area contributed by atoms with Crippen molar-refractivity contribution in [1.82, 2.24) is 29.4 Å². The van der Waals surface area contributed by atoms with Crippen molar-refractivity contribution in [3.8, 4) is 0 Å². The molecule has 7 nitrogen and oxygen atoms in total. The molecule has 7 heteroatoms. The molecule has 0 aromatic carbocycles. The number of likely N-dealkylation sites (tertiary alicyclic amines) is 2. The fraction of sp³-hybridized carbons (Fsp3) is 0.667. The highest BCUT2D eigenvalue weighted by molar-refractivity contribution is 5.91. The Bertz CT molecular complexity index is 690. The maximum absolute atomic E-state index is 13.0. The minimum absolute atomic E-state index is 0.0474. The van der Waals surface area contributed by atoms with Crippen molar-refractivity contribution in [2.45, 2.75) is 51.0 Å². The fourth-order valence-corrected chi connectivity index (χ4v) is 4.03. The number of hydrogen-bond donors (Lipinski definition) is 0. The number of aromatic nitrogens is 4. The van der Waals surface area contributed by atoms with Crippen LogP contribution in [0.4, 0.5) is 0 Å². The zero-order valence-electron chi connectivity index (χ0n) is 14.7. The van der Waals surface area contributed by atoms with Gasteiger partial charge < -0.3 is 9.80 Å². The van der Waals surface area contributed by atoms with Crippen molar-refractivity contribution in [2.75, 3.05) is 26.2 Å². The number of rotatable bonds is 4. The zero-order valence-corrected chi connectivity index (χ0v) is 14.7. The predicted molar refractivity (Wildman–Crippen MR) is 94.4 cm³/mol. The molecule has 1 unspecified atom stereocenters. The normalized spacial score (nSPS) is 22.4. The third-order valence-electron chi connectivity index (χ3n) is 5.42. The summed E-state index contributed by atoms with van der Waals surface area (Å²) in [6.45, 7) is 4.32. The second-order valence-corrected chi connectivity index (χ2v) is 7.14. The number of piperidine rings is 2. The maximum atomic E-state index is 13.0. The standard InChI is InChI=1S/C18H26N6O/c25-17(16-20-18-19-9-6-13-24(18)21-16)23-12-5-2-7-15(23)8-14-22-10-3-1-4-11-22/h6,9,13,15H,1-5,7-8,10-12,14H2. The van der Waals surface area contributed by atoms with Crippen molar-refractivity contribution in [3.63, 3.8) is 0 Å². The number of carbonyl (C=O) groups excluding carboxylic acids is 1. The number of hydrogen-bond acceptors (Lipinski definition) is 5. The summed E-state index contributed by atoms with van der Waals surface area (Å²) in [7, 11) is 0. The summed E-state index contributed by atoms with van der Waals surface area (Å²) in [4.78, 5) is 26.0. The molecule has 0 spiro atoms. The van der Waals surface area contributed by atoms with Crippen LogP contribution in [-0.4, -0.2) is 67.5 Å². The fourth-order valence-electron chi connectivity index (χ4n) is 4.03. The summed E-state index contributed by atoms with van der Waals surface area (Å²) in [5, 5.41) is 4.31. The van der Waals surface area contributed by atoms with Gasteiger partial charge in [-0.15, -0.1) is 5.10 Å². The molecule has 1 atom stereocenters. The van der Waals surface area contributed by atoms with Crippen molar-refractivity contribution in [1.29, 1.82) is 0 Å². The van der Waals surface area contributed by atoms with E-state index in [1.54, 1.807) is 23.0 Å². The van der Waals surface area contributed by atoms with Crippen molar-refractivity contribution in [2.24, 2.45) is 0 Å². The predicted octanol–water partition coefficient (Wildman–Crippen LogP) is 1.99. The Hall–Kier alpha value is -2.02. The van der Waals surface area contributed by atoms with Crippen LogP contribution in [-0.2, 0) is 0 Å². The van der Waals surface area contributed by atoms with Crippen LogP contribution in [0.3, 0.4) is 0 Å². The zero-order chi connectivity index (χ0) is 17.1. The van der Waals surface area contributed by atoms with Crippen molar-refractivity contribution < 1.29 is 4.79 Å². The molecule has 0 aliphatic carbocycles. The van der Waals surface area contributed by atoms with Gasteiger partial charge in [0.15, 0.2) is 0 Å². The summed E-state index contributed by atoms with van der Waals surface area (Å²) >= 11 is 0. The van der Waals surface area contributed by atoms with Gasteiger partial charge in [-0.2, -0.15) is 4.98 Å². The van der Waals surface area contributed by atoms with E-state index in [1.807, 2.05) is 4.90 Å². The Morgan fingerprint density at radius 3 is 2.80 bits per heavy atom. The van der Waals surface area contributed by atoms with E-state index in [0.29, 0.717) is 11.8 Å². The lowest BCUT2D eigenvalue weighted by molar-refractivity contribution is 0.0567. The lowest BCUT2D eigenvalue weighted by Gasteiger charge is -2.37. The summed E-state index contributed by atoms with van der Waals surface area (Å²) in [6, 6.07) is 2.10. The Balaban J connectivity index is 1.44. The van der Waals surface area contributed by atoms with Crippen LogP contribution < -0.4 is 0 Å². The molecular formula is C18H26N6O. The van der Waals surface area contributed by atoms with Gasteiger partial charge in [0.05, 0.1) is 0 Å². The Morgan fingerprint density at radius 1 is 1.12 bits per heavy atom. The van der Waals surface area contributed by atoms with Crippen LogP contribution >= 0.6 is 0 Å². The molecule has 4 heterocycles. The lowest BCUT2D eigenvalue weighted by atomic mass is 9.98. The van der Waals surface area contributed by atoms with Crippen molar-refractivity contribution in [3.05, 3.63) is 24.3 Å². The Labute approximate surface area is 148 Å². The Morgan fingerprint density at radius 2 is 1.96 bits per heavy atom. The highest BCUT2D eigenvalue weighted by Gasteiger charge is 2.30. The minimum atomic E-state index is -0.0474. The molecule has 2 aromatic rings. The largest absolute Gasteiger partial charge is 0.333 e. The topological polar surface area (TPSA) is 66.6 Å². The third kappa shape index (κ3) is 3.66. The van der Waals surface area contributed by atoms with Crippen LogP contribution in [0, 0.1) is 0 Å². The first-order valence-corrected chi connectivity index (χ1v) is 9.52. The van der Waals surface area contributed by atoms with E-state index in [2.05, 4.69) is 20.0 Å². The second kappa shape index (κ2) is 7.47. The first kappa shape index (κ1) is 16.4. The van der Waals surface area contributed by atoms with E-state index in [0.717, 1.165) is 32.4 Å². The smallest absolute Gasteiger partial charge is 0.293 e. The van der Waals surface area contributed by atoms with E-state index in [9.17, 15) is 4.79 Å². The van der Waals surface area contributed by atoms with Gasteiger partial charge in [0.2, 0.25) is 5.82 Å². The molecule has 25 heavy (non-hydrogen) atoms. The van der Waals surface area contributed by atoms with Gasteiger partial charge in [0.1, 0.15) is 0 Å². The second-order valence-electron chi connectivity index (χ2n) is 7.14. The van der Waals surface area contributed by atoms with Crippen LogP contribution in [0.25, 0.3) is 5.78 Å². The van der Waals surface area contributed by atoms with E-state index < -0.39 is 0 Å². The molecular weight excluding hydrogens is 316 g/mol. The molecule has 0 bridgehead atoms. The van der Waals surface area contributed by atoms with E-state index in [4.69, 9.17) is 0 Å². The van der Waals surface area contributed by atoms with E-state index in [1.165, 1.54) is 38.8 Å². The summed E-state index contributed by atoms with van der Waals surface area (Å²) < 4.78 is 1.57. The maximum Gasteiger partial charge on any atom is 0.293 e. The molecule has 134 valence electrons. The summed E-state index contributed by atoms with van der Waals surface area (Å²) in [5.74, 6) is 0.699. The number of amides is 1. The average molecular weight is 342 g/mol. The first-order valence-electron chi connectivity index (χ1n) is 9.52. The third-order valence-corrected chi connectivity index (χ3v) is 5.42. The molecule has 0 saturated carbocycles. The van der Waals surface area contributed by atoms with Crippen LogP contribution in [0.15, 0.2) is 18.5 Å². The summed E-state index contributed by atoms with van der Waals surface area (Å²) in [6.07, 6.45) is 11.8. The molecule has 0 N–H and O–H groups in total. The molecule has 2 aromatic heterocycles. The van der Waals surface area contributed by atoms with Crippen molar-refractivity contribution >= 4 is 11.7 Å². The first-order chi connectivity index (χ1) is 12.3. The summed E-state index contributed by atoms with van der Waals surface area (Å²) in [5.41, 5.74) is 0. The van der Waals surface area contributed by atoms with E-state index in [-0.39, 0.29) is 11.7 Å². The minimum Gasteiger partial charge on any atom is -0.333 e. The highest BCUT2D eigenvalue weighted by atomic mass is 16.2. The van der Waals surface area contributed by atoms with Gasteiger partial charge in [-0.05, 0) is 57.7 Å². The molecule has 2 aliphatic heterocycles. The average Bonchev–Trinajstić information content (AvgIpc) is 3.11. The quantitative estimate of drug-likeness (QED) is 0.850. The number of nitrogens with zero attached hydrogens (tertiary/aromatic N) is 6. The lowest BCUT2D eigenvalue weighted by Crippen LogP contribution is -2.46.